The second-order valence-corrected chi connectivity index (χ2v) is 4.46. The van der Waals surface area contributed by atoms with E-state index >= 15 is 0 Å². The molecule has 1 heterocycles. The Labute approximate surface area is 91.6 Å². The standard InChI is InChI=1S/C11H20ClNO/c1-3-10-7-6-9(2)13(10)11(14)5-4-8-12/h9-10H,3-8H2,1-2H3. The van der Waals surface area contributed by atoms with Crippen molar-refractivity contribution in [2.45, 2.75) is 58.0 Å². The molecule has 0 spiro atoms. The van der Waals surface area contributed by atoms with Crippen LogP contribution in [0.1, 0.15) is 46.0 Å². The molecule has 0 aromatic rings. The molecule has 0 aromatic heterocycles. The number of likely N-dealkylation sites (tertiary alicyclic amines) is 1. The van der Waals surface area contributed by atoms with Crippen molar-refractivity contribution in [3.05, 3.63) is 0 Å². The molecule has 2 atom stereocenters. The molecular weight excluding hydrogens is 198 g/mol. The van der Waals surface area contributed by atoms with Gasteiger partial charge in [-0.2, -0.15) is 0 Å². The van der Waals surface area contributed by atoms with Crippen molar-refractivity contribution in [1.82, 2.24) is 4.90 Å². The molecule has 0 aromatic carbocycles. The van der Waals surface area contributed by atoms with Crippen LogP contribution in [-0.2, 0) is 4.79 Å². The first-order valence-corrected chi connectivity index (χ1v) is 6.11. The minimum absolute atomic E-state index is 0.294. The van der Waals surface area contributed by atoms with Crippen LogP contribution in [0.3, 0.4) is 0 Å². The predicted molar refractivity (Wildman–Crippen MR) is 59.6 cm³/mol. The molecule has 3 heteroatoms. The summed E-state index contributed by atoms with van der Waals surface area (Å²) in [5.41, 5.74) is 0. The lowest BCUT2D eigenvalue weighted by Crippen LogP contribution is -2.39. The second kappa shape index (κ2) is 5.59. The van der Waals surface area contributed by atoms with Crippen molar-refractivity contribution in [2.75, 3.05) is 5.88 Å². The molecule has 1 fully saturated rings. The maximum atomic E-state index is 11.9. The van der Waals surface area contributed by atoms with Crippen LogP contribution in [0.2, 0.25) is 0 Å². The molecule has 2 nitrogen and oxygen atoms in total. The average molecular weight is 218 g/mol. The molecule has 1 aliphatic rings. The highest BCUT2D eigenvalue weighted by atomic mass is 35.5. The number of halogens is 1. The molecule has 0 radical (unpaired) electrons. The fourth-order valence-electron chi connectivity index (χ4n) is 2.27. The van der Waals surface area contributed by atoms with E-state index in [1.807, 2.05) is 0 Å². The largest absolute Gasteiger partial charge is 0.337 e. The lowest BCUT2D eigenvalue weighted by atomic mass is 10.1. The zero-order valence-electron chi connectivity index (χ0n) is 9.13. The van der Waals surface area contributed by atoms with E-state index in [9.17, 15) is 4.79 Å². The Morgan fingerprint density at radius 3 is 2.79 bits per heavy atom. The summed E-state index contributed by atoms with van der Waals surface area (Å²) in [7, 11) is 0. The van der Waals surface area contributed by atoms with E-state index < -0.39 is 0 Å². The number of carbonyl (C=O) groups excluding carboxylic acids is 1. The third kappa shape index (κ3) is 2.63. The van der Waals surface area contributed by atoms with E-state index in [1.54, 1.807) is 0 Å². The number of nitrogens with zero attached hydrogens (tertiary/aromatic N) is 1. The van der Waals surface area contributed by atoms with Gasteiger partial charge in [0.25, 0.3) is 0 Å². The van der Waals surface area contributed by atoms with Crippen LogP contribution >= 0.6 is 11.6 Å². The predicted octanol–water partition coefficient (Wildman–Crippen LogP) is 2.79. The van der Waals surface area contributed by atoms with Gasteiger partial charge in [-0.3, -0.25) is 4.79 Å². The summed E-state index contributed by atoms with van der Waals surface area (Å²) in [6, 6.07) is 0.913. The van der Waals surface area contributed by atoms with Gasteiger partial charge in [-0.25, -0.2) is 0 Å². The van der Waals surface area contributed by atoms with Crippen LogP contribution in [0.5, 0.6) is 0 Å². The zero-order valence-corrected chi connectivity index (χ0v) is 9.89. The third-order valence-electron chi connectivity index (χ3n) is 3.07. The molecule has 14 heavy (non-hydrogen) atoms. The van der Waals surface area contributed by atoms with Crippen LogP contribution in [-0.4, -0.2) is 28.8 Å². The van der Waals surface area contributed by atoms with Crippen molar-refractivity contribution >= 4 is 17.5 Å². The molecule has 1 saturated heterocycles. The zero-order chi connectivity index (χ0) is 10.6. The second-order valence-electron chi connectivity index (χ2n) is 4.08. The Kier molecular flexibility index (Phi) is 4.73. The minimum Gasteiger partial charge on any atom is -0.337 e. The van der Waals surface area contributed by atoms with E-state index in [4.69, 9.17) is 11.6 Å². The maximum Gasteiger partial charge on any atom is 0.223 e. The first-order chi connectivity index (χ1) is 6.70. The van der Waals surface area contributed by atoms with Gasteiger partial charge < -0.3 is 4.90 Å². The van der Waals surface area contributed by atoms with Gasteiger partial charge in [0.15, 0.2) is 0 Å². The normalized spacial score (nSPS) is 26.9. The minimum atomic E-state index is 0.294. The van der Waals surface area contributed by atoms with Crippen molar-refractivity contribution in [1.29, 1.82) is 0 Å². The number of rotatable bonds is 4. The lowest BCUT2D eigenvalue weighted by Gasteiger charge is -2.28. The first-order valence-electron chi connectivity index (χ1n) is 5.57. The molecular formula is C11H20ClNO. The highest BCUT2D eigenvalue weighted by Crippen LogP contribution is 2.26. The van der Waals surface area contributed by atoms with Gasteiger partial charge in [0.1, 0.15) is 0 Å². The van der Waals surface area contributed by atoms with Crippen molar-refractivity contribution in [3.8, 4) is 0 Å². The van der Waals surface area contributed by atoms with Crippen LogP contribution in [0, 0.1) is 0 Å². The van der Waals surface area contributed by atoms with Crippen molar-refractivity contribution < 1.29 is 4.79 Å². The SMILES string of the molecule is CCC1CCC(C)N1C(=O)CCCCl. The highest BCUT2D eigenvalue weighted by Gasteiger charge is 2.32. The van der Waals surface area contributed by atoms with Gasteiger partial charge >= 0.3 is 0 Å². The van der Waals surface area contributed by atoms with Gasteiger partial charge in [0.05, 0.1) is 0 Å². The fourth-order valence-corrected chi connectivity index (χ4v) is 2.40. The average Bonchev–Trinajstić information content (AvgIpc) is 2.56. The molecule has 0 N–H and O–H groups in total. The van der Waals surface area contributed by atoms with Gasteiger partial charge in [-0.15, -0.1) is 11.6 Å². The summed E-state index contributed by atoms with van der Waals surface area (Å²) >= 11 is 5.59. The Hall–Kier alpha value is -0.240. The monoisotopic (exact) mass is 217 g/mol. The van der Waals surface area contributed by atoms with E-state index in [0.717, 1.165) is 19.3 Å². The molecule has 82 valence electrons. The van der Waals surface area contributed by atoms with Gasteiger partial charge in [0.2, 0.25) is 5.91 Å². The molecule has 2 unspecified atom stereocenters. The first kappa shape index (κ1) is 11.8. The van der Waals surface area contributed by atoms with Crippen molar-refractivity contribution in [2.24, 2.45) is 0 Å². The van der Waals surface area contributed by atoms with E-state index in [-0.39, 0.29) is 0 Å². The van der Waals surface area contributed by atoms with Crippen LogP contribution in [0.4, 0.5) is 0 Å². The van der Waals surface area contributed by atoms with E-state index in [0.29, 0.717) is 30.3 Å². The summed E-state index contributed by atoms with van der Waals surface area (Å²) in [5, 5.41) is 0. The quantitative estimate of drug-likeness (QED) is 0.664. The lowest BCUT2D eigenvalue weighted by molar-refractivity contribution is -0.133. The molecule has 0 bridgehead atoms. The van der Waals surface area contributed by atoms with Gasteiger partial charge in [-0.1, -0.05) is 6.92 Å². The Balaban J connectivity index is 2.50. The Bertz CT molecular complexity index is 196. The Morgan fingerprint density at radius 2 is 2.21 bits per heavy atom. The highest BCUT2D eigenvalue weighted by molar-refractivity contribution is 6.17. The molecule has 1 rings (SSSR count). The maximum absolute atomic E-state index is 11.9. The molecule has 1 amide bonds. The van der Waals surface area contributed by atoms with Crippen LogP contribution in [0.15, 0.2) is 0 Å². The smallest absolute Gasteiger partial charge is 0.223 e. The van der Waals surface area contributed by atoms with Crippen LogP contribution < -0.4 is 0 Å². The van der Waals surface area contributed by atoms with Crippen molar-refractivity contribution in [3.63, 3.8) is 0 Å². The van der Waals surface area contributed by atoms with Crippen LogP contribution in [0.25, 0.3) is 0 Å². The number of carbonyl (C=O) groups is 1. The summed E-state index contributed by atoms with van der Waals surface area (Å²) < 4.78 is 0. The van der Waals surface area contributed by atoms with E-state index in [2.05, 4.69) is 18.7 Å². The summed E-state index contributed by atoms with van der Waals surface area (Å²) in [6.07, 6.45) is 4.83. The number of amides is 1. The fraction of sp³-hybridized carbons (Fsp3) is 0.909. The Morgan fingerprint density at radius 1 is 1.50 bits per heavy atom. The molecule has 0 saturated carbocycles. The van der Waals surface area contributed by atoms with E-state index in [1.165, 1.54) is 6.42 Å². The summed E-state index contributed by atoms with van der Waals surface area (Å²) in [4.78, 5) is 13.9. The number of hydrogen-bond donors (Lipinski definition) is 0. The van der Waals surface area contributed by atoms with Gasteiger partial charge in [-0.05, 0) is 32.6 Å². The summed E-state index contributed by atoms with van der Waals surface area (Å²) in [5.74, 6) is 0.882. The molecule has 0 aliphatic carbocycles. The third-order valence-corrected chi connectivity index (χ3v) is 3.34. The topological polar surface area (TPSA) is 20.3 Å². The van der Waals surface area contributed by atoms with Gasteiger partial charge in [0, 0.05) is 24.4 Å². The number of hydrogen-bond acceptors (Lipinski definition) is 1. The summed E-state index contributed by atoms with van der Waals surface area (Å²) in [6.45, 7) is 4.30. The molecule has 1 aliphatic heterocycles. The number of alkyl halides is 1.